The predicted molar refractivity (Wildman–Crippen MR) is 122 cm³/mol. The van der Waals surface area contributed by atoms with Gasteiger partial charge in [0.15, 0.2) is 4.32 Å². The van der Waals surface area contributed by atoms with Crippen molar-refractivity contribution in [2.45, 2.75) is 6.92 Å². The summed E-state index contributed by atoms with van der Waals surface area (Å²) in [7, 11) is 0. The molecular weight excluding hydrogens is 493 g/mol. The Bertz CT molecular complexity index is 1150. The number of benzene rings is 2. The van der Waals surface area contributed by atoms with Crippen molar-refractivity contribution in [1.82, 2.24) is 10.4 Å². The third-order valence-electron chi connectivity index (χ3n) is 3.93. The Kier molecular flexibility index (Phi) is 6.68. The van der Waals surface area contributed by atoms with Crippen LogP contribution in [0.3, 0.4) is 0 Å². The third-order valence-corrected chi connectivity index (χ3v) is 6.17. The van der Waals surface area contributed by atoms with E-state index in [1.54, 1.807) is 12.1 Å². The first-order valence-electron chi connectivity index (χ1n) is 8.07. The minimum Gasteiger partial charge on any atom is -0.267 e. The number of carbonyl (C=O) groups excluding carboxylic acids is 2. The van der Waals surface area contributed by atoms with Gasteiger partial charge < -0.3 is 0 Å². The molecule has 2 aromatic rings. The number of nitro benzene ring substituents is 1. The summed E-state index contributed by atoms with van der Waals surface area (Å²) in [4.78, 5) is 35.8. The molecule has 154 valence electrons. The lowest BCUT2D eigenvalue weighted by Gasteiger charge is -2.16. The van der Waals surface area contributed by atoms with E-state index in [0.717, 1.165) is 28.4 Å². The monoisotopic (exact) mass is 501 g/mol. The fraction of sp³-hybridized carbons (Fsp3) is 0.0556. The van der Waals surface area contributed by atoms with E-state index in [1.165, 1.54) is 18.2 Å². The SMILES string of the molecule is Cc1ccc(C(=O)NN2C(=O)/C(=C/c3cc([N+](=O)[O-])c(Cl)cc3Cl)SC2=S)c(Cl)c1. The molecule has 1 heterocycles. The summed E-state index contributed by atoms with van der Waals surface area (Å²) >= 11 is 24.1. The van der Waals surface area contributed by atoms with Crippen molar-refractivity contribution in [2.24, 2.45) is 0 Å². The molecule has 30 heavy (non-hydrogen) atoms. The molecule has 1 fully saturated rings. The zero-order chi connectivity index (χ0) is 22.2. The highest BCUT2D eigenvalue weighted by Gasteiger charge is 2.34. The Hall–Kier alpha value is -2.17. The number of halogens is 3. The van der Waals surface area contributed by atoms with Gasteiger partial charge in [-0.05, 0) is 49.0 Å². The van der Waals surface area contributed by atoms with Gasteiger partial charge in [-0.25, -0.2) is 0 Å². The van der Waals surface area contributed by atoms with Crippen LogP contribution in [0.5, 0.6) is 0 Å². The Morgan fingerprint density at radius 1 is 1.20 bits per heavy atom. The van der Waals surface area contributed by atoms with Gasteiger partial charge in [0.25, 0.3) is 17.5 Å². The molecule has 0 saturated carbocycles. The van der Waals surface area contributed by atoms with Crippen molar-refractivity contribution in [3.8, 4) is 0 Å². The molecule has 0 radical (unpaired) electrons. The summed E-state index contributed by atoms with van der Waals surface area (Å²) < 4.78 is 0.0717. The topological polar surface area (TPSA) is 92.6 Å². The van der Waals surface area contributed by atoms with Gasteiger partial charge in [0.2, 0.25) is 0 Å². The van der Waals surface area contributed by atoms with E-state index in [9.17, 15) is 19.7 Å². The standard InChI is InChI=1S/C18H10Cl3N3O4S2/c1-8-2-3-10(12(20)4-8)16(25)22-23-17(26)15(30-18(23)29)6-9-5-14(24(27)28)13(21)7-11(9)19/h2-7H,1H3,(H,22,25)/b15-6-. The van der Waals surface area contributed by atoms with Crippen LogP contribution in [0.2, 0.25) is 15.1 Å². The lowest BCUT2D eigenvalue weighted by atomic mass is 10.1. The van der Waals surface area contributed by atoms with E-state index >= 15 is 0 Å². The first-order valence-corrected chi connectivity index (χ1v) is 10.4. The first-order chi connectivity index (χ1) is 14.1. The zero-order valence-electron chi connectivity index (χ0n) is 14.9. The van der Waals surface area contributed by atoms with Gasteiger partial charge >= 0.3 is 0 Å². The summed E-state index contributed by atoms with van der Waals surface area (Å²) in [5.41, 5.74) is 3.32. The molecular formula is C18H10Cl3N3O4S2. The molecule has 3 rings (SSSR count). The van der Waals surface area contributed by atoms with E-state index in [0.29, 0.717) is 0 Å². The Morgan fingerprint density at radius 3 is 2.53 bits per heavy atom. The van der Waals surface area contributed by atoms with Crippen molar-refractivity contribution in [2.75, 3.05) is 0 Å². The van der Waals surface area contributed by atoms with Gasteiger partial charge in [0.1, 0.15) is 5.02 Å². The Labute approximate surface area is 195 Å². The lowest BCUT2D eigenvalue weighted by Crippen LogP contribution is -2.44. The van der Waals surface area contributed by atoms with Crippen LogP contribution in [0.25, 0.3) is 6.08 Å². The second kappa shape index (κ2) is 8.91. The maximum absolute atomic E-state index is 12.7. The smallest absolute Gasteiger partial charge is 0.267 e. The largest absolute Gasteiger partial charge is 0.288 e. The number of hydrogen-bond donors (Lipinski definition) is 1. The molecule has 1 saturated heterocycles. The maximum Gasteiger partial charge on any atom is 0.288 e. The number of carbonyl (C=O) groups is 2. The van der Waals surface area contributed by atoms with Crippen LogP contribution in [0.15, 0.2) is 35.2 Å². The van der Waals surface area contributed by atoms with Crippen LogP contribution in [-0.2, 0) is 4.79 Å². The minimum atomic E-state index is -0.660. The summed E-state index contributed by atoms with van der Waals surface area (Å²) in [5.74, 6) is -1.23. The van der Waals surface area contributed by atoms with Gasteiger partial charge in [-0.1, -0.05) is 52.6 Å². The lowest BCUT2D eigenvalue weighted by molar-refractivity contribution is -0.384. The average Bonchev–Trinajstić information content (AvgIpc) is 2.91. The van der Waals surface area contributed by atoms with Crippen molar-refractivity contribution in [3.63, 3.8) is 0 Å². The summed E-state index contributed by atoms with van der Waals surface area (Å²) in [6, 6.07) is 7.24. The number of aryl methyl sites for hydroxylation is 1. The molecule has 1 aliphatic heterocycles. The molecule has 12 heteroatoms. The quantitative estimate of drug-likeness (QED) is 0.260. The van der Waals surface area contributed by atoms with Crippen LogP contribution < -0.4 is 5.43 Å². The molecule has 0 atom stereocenters. The van der Waals surface area contributed by atoms with Crippen LogP contribution in [0, 0.1) is 17.0 Å². The number of nitrogens with one attached hydrogen (secondary N) is 1. The Morgan fingerprint density at radius 2 is 1.90 bits per heavy atom. The van der Waals surface area contributed by atoms with Crippen molar-refractivity contribution in [1.29, 1.82) is 0 Å². The molecule has 1 N–H and O–H groups in total. The molecule has 0 unspecified atom stereocenters. The second-order valence-corrected chi connectivity index (χ2v) is 8.92. The first kappa shape index (κ1) is 22.5. The molecule has 2 aromatic carbocycles. The molecule has 0 bridgehead atoms. The fourth-order valence-corrected chi connectivity index (χ4v) is 4.47. The predicted octanol–water partition coefficient (Wildman–Crippen LogP) is 5.41. The molecule has 0 spiro atoms. The number of amides is 2. The van der Waals surface area contributed by atoms with Crippen LogP contribution in [0.1, 0.15) is 21.5 Å². The highest BCUT2D eigenvalue weighted by atomic mass is 35.5. The zero-order valence-corrected chi connectivity index (χ0v) is 18.8. The molecule has 1 aliphatic rings. The van der Waals surface area contributed by atoms with Gasteiger partial charge in [-0.3, -0.25) is 25.1 Å². The van der Waals surface area contributed by atoms with Crippen molar-refractivity contribution >= 4 is 86.7 Å². The van der Waals surface area contributed by atoms with Gasteiger partial charge in [0.05, 0.1) is 20.4 Å². The maximum atomic E-state index is 12.7. The van der Waals surface area contributed by atoms with Gasteiger partial charge in [-0.2, -0.15) is 5.01 Å². The molecule has 2 amide bonds. The summed E-state index contributed by atoms with van der Waals surface area (Å²) in [6.45, 7) is 1.83. The number of hydrazine groups is 1. The van der Waals surface area contributed by atoms with E-state index in [4.69, 9.17) is 47.0 Å². The van der Waals surface area contributed by atoms with Crippen LogP contribution in [-0.4, -0.2) is 26.1 Å². The molecule has 0 aromatic heterocycles. The second-order valence-electron chi connectivity index (χ2n) is 6.02. The van der Waals surface area contributed by atoms with Gasteiger partial charge in [0, 0.05) is 16.7 Å². The van der Waals surface area contributed by atoms with Crippen LogP contribution in [0.4, 0.5) is 5.69 Å². The van der Waals surface area contributed by atoms with Gasteiger partial charge in [-0.15, -0.1) is 0 Å². The number of nitrogens with zero attached hydrogens (tertiary/aromatic N) is 2. The van der Waals surface area contributed by atoms with Crippen LogP contribution >= 0.6 is 58.8 Å². The number of nitro groups is 1. The number of rotatable bonds is 4. The fourth-order valence-electron chi connectivity index (χ4n) is 2.48. The normalized spacial score (nSPS) is 15.1. The molecule has 0 aliphatic carbocycles. The Balaban J connectivity index is 1.87. The number of hydrogen-bond acceptors (Lipinski definition) is 6. The number of thiocarbonyl (C=S) groups is 1. The van der Waals surface area contributed by atoms with Crippen molar-refractivity contribution < 1.29 is 14.5 Å². The highest BCUT2D eigenvalue weighted by Crippen LogP contribution is 2.36. The average molecular weight is 503 g/mol. The number of thioether (sulfide) groups is 1. The van der Waals surface area contributed by atoms with Crippen molar-refractivity contribution in [3.05, 3.63) is 77.1 Å². The van der Waals surface area contributed by atoms with E-state index in [2.05, 4.69) is 5.43 Å². The molecule has 7 nitrogen and oxygen atoms in total. The minimum absolute atomic E-state index is 0.0717. The highest BCUT2D eigenvalue weighted by molar-refractivity contribution is 8.26. The summed E-state index contributed by atoms with van der Waals surface area (Å²) in [6.07, 6.45) is 1.34. The van der Waals surface area contributed by atoms with E-state index < -0.39 is 16.7 Å². The summed E-state index contributed by atoms with van der Waals surface area (Å²) in [5, 5.41) is 12.2. The van der Waals surface area contributed by atoms with E-state index in [1.807, 2.05) is 6.92 Å². The van der Waals surface area contributed by atoms with E-state index in [-0.39, 0.29) is 41.1 Å². The third kappa shape index (κ3) is 4.60.